The van der Waals surface area contributed by atoms with Crippen molar-refractivity contribution in [2.45, 2.75) is 19.9 Å². The summed E-state index contributed by atoms with van der Waals surface area (Å²) in [7, 11) is 3.25. The monoisotopic (exact) mass is 193 g/mol. The molecular formula is C8H19NO2S. The number of nitrogens with one attached hydrogen (secondary N) is 1. The molecule has 4 heteroatoms. The number of hydrogen-bond acceptors (Lipinski definition) is 4. The van der Waals surface area contributed by atoms with E-state index in [1.807, 2.05) is 20.1 Å². The predicted molar refractivity (Wildman–Crippen MR) is 54.3 cm³/mol. The fourth-order valence-corrected chi connectivity index (χ4v) is 0.998. The van der Waals surface area contributed by atoms with Crippen LogP contribution in [0.2, 0.25) is 0 Å². The van der Waals surface area contributed by atoms with Gasteiger partial charge in [-0.2, -0.15) is 0 Å². The quantitative estimate of drug-likeness (QED) is 0.540. The summed E-state index contributed by atoms with van der Waals surface area (Å²) in [5.41, 5.74) is 0. The molecule has 0 spiro atoms. The first-order valence-corrected chi connectivity index (χ1v) is 5.00. The van der Waals surface area contributed by atoms with Crippen molar-refractivity contribution in [3.8, 4) is 0 Å². The molecule has 1 N–H and O–H groups in total. The van der Waals surface area contributed by atoms with Gasteiger partial charge in [0.15, 0.2) is 0 Å². The molecule has 2 atom stereocenters. The topological polar surface area (TPSA) is 38.3 Å². The van der Waals surface area contributed by atoms with E-state index in [0.29, 0.717) is 0 Å². The Bertz CT molecular complexity index is 101. The summed E-state index contributed by atoms with van der Waals surface area (Å²) in [6, 6.07) is 0.275. The second-order valence-corrected chi connectivity index (χ2v) is 3.16. The minimum atomic E-state index is 0.109. The van der Waals surface area contributed by atoms with Crippen LogP contribution in [0.4, 0.5) is 0 Å². The van der Waals surface area contributed by atoms with Gasteiger partial charge in [-0.05, 0) is 13.2 Å². The van der Waals surface area contributed by atoms with Gasteiger partial charge >= 0.3 is 0 Å². The van der Waals surface area contributed by atoms with Crippen molar-refractivity contribution in [2.24, 2.45) is 5.92 Å². The van der Waals surface area contributed by atoms with Gasteiger partial charge in [0.25, 0.3) is 0 Å². The Morgan fingerprint density at radius 1 is 1.42 bits per heavy atom. The van der Waals surface area contributed by atoms with Gasteiger partial charge in [0.2, 0.25) is 0 Å². The Balaban J connectivity index is 0. The maximum absolute atomic E-state index is 10.2. The number of hydrogen-bond donors (Lipinski definition) is 1. The van der Waals surface area contributed by atoms with Crippen LogP contribution < -0.4 is 4.72 Å². The minimum Gasteiger partial charge on any atom is -0.388 e. The van der Waals surface area contributed by atoms with Crippen LogP contribution in [0, 0.1) is 5.92 Å². The lowest BCUT2D eigenvalue weighted by Crippen LogP contribution is -2.27. The molecule has 3 nitrogen and oxygen atoms in total. The number of aldehydes is 1. The number of rotatable bonds is 4. The van der Waals surface area contributed by atoms with Gasteiger partial charge < -0.3 is 9.53 Å². The molecule has 0 radical (unpaired) electrons. The number of methoxy groups -OCH3 is 1. The van der Waals surface area contributed by atoms with Gasteiger partial charge in [-0.15, -0.1) is 0 Å². The average molecular weight is 193 g/mol. The molecular weight excluding hydrogens is 174 g/mol. The van der Waals surface area contributed by atoms with E-state index < -0.39 is 0 Å². The molecule has 12 heavy (non-hydrogen) atoms. The molecule has 0 aromatic heterocycles. The summed E-state index contributed by atoms with van der Waals surface area (Å²) in [5.74, 6) is 0.109. The molecule has 0 rings (SSSR count). The Morgan fingerprint density at radius 2 is 1.83 bits per heavy atom. The molecule has 1 unspecified atom stereocenters. The van der Waals surface area contributed by atoms with Crippen LogP contribution in [-0.2, 0) is 9.53 Å². The molecule has 0 aliphatic rings. The highest BCUT2D eigenvalue weighted by Crippen LogP contribution is 2.00. The summed E-state index contributed by atoms with van der Waals surface area (Å²) in [4.78, 5) is 10.2. The zero-order chi connectivity index (χ0) is 9.98. The highest BCUT2D eigenvalue weighted by molar-refractivity contribution is 7.96. The first-order valence-electron chi connectivity index (χ1n) is 3.77. The van der Waals surface area contributed by atoms with E-state index in [1.54, 1.807) is 26.2 Å². The Kier molecular flexibility index (Phi) is 13.2. The van der Waals surface area contributed by atoms with E-state index in [9.17, 15) is 4.79 Å². The van der Waals surface area contributed by atoms with Crippen LogP contribution in [0.5, 0.6) is 0 Å². The lowest BCUT2D eigenvalue weighted by atomic mass is 10.1. The lowest BCUT2D eigenvalue weighted by molar-refractivity contribution is -0.111. The van der Waals surface area contributed by atoms with Crippen molar-refractivity contribution >= 4 is 18.2 Å². The molecule has 0 aliphatic carbocycles. The molecule has 0 aromatic rings. The highest BCUT2D eigenvalue weighted by Gasteiger charge is 2.08. The van der Waals surface area contributed by atoms with Gasteiger partial charge in [0.05, 0.1) is 0 Å². The minimum absolute atomic E-state index is 0.109. The van der Waals surface area contributed by atoms with E-state index in [4.69, 9.17) is 0 Å². The highest BCUT2D eigenvalue weighted by atomic mass is 32.2. The summed E-state index contributed by atoms with van der Waals surface area (Å²) >= 11 is 1.54. The molecule has 0 saturated heterocycles. The third-order valence-electron chi connectivity index (χ3n) is 1.31. The fraction of sp³-hybridized carbons (Fsp3) is 0.875. The fourth-order valence-electron chi connectivity index (χ4n) is 0.411. The first-order chi connectivity index (χ1) is 5.63. The van der Waals surface area contributed by atoms with Crippen LogP contribution in [0.25, 0.3) is 0 Å². The summed E-state index contributed by atoms with van der Waals surface area (Å²) in [5, 5.41) is 0. The van der Waals surface area contributed by atoms with Gasteiger partial charge in [0, 0.05) is 26.2 Å². The lowest BCUT2D eigenvalue weighted by Gasteiger charge is -2.13. The van der Waals surface area contributed by atoms with Crippen LogP contribution in [0.3, 0.4) is 0 Å². The summed E-state index contributed by atoms with van der Waals surface area (Å²) in [6.45, 7) is 3.90. The number of carbonyl (C=O) groups excluding carboxylic acids is 1. The van der Waals surface area contributed by atoms with Gasteiger partial charge in [-0.1, -0.05) is 18.9 Å². The molecule has 74 valence electrons. The van der Waals surface area contributed by atoms with E-state index in [-0.39, 0.29) is 12.0 Å². The second-order valence-electron chi connectivity index (χ2n) is 2.51. The molecule has 0 aliphatic heterocycles. The van der Waals surface area contributed by atoms with Gasteiger partial charge in [-0.25, -0.2) is 0 Å². The molecule has 0 bridgehead atoms. The van der Waals surface area contributed by atoms with Crippen LogP contribution in [0.15, 0.2) is 0 Å². The largest absolute Gasteiger partial charge is 0.388 e. The molecule has 0 amide bonds. The summed E-state index contributed by atoms with van der Waals surface area (Å²) < 4.78 is 7.33. The third-order valence-corrected chi connectivity index (χ3v) is 1.91. The Hall–Kier alpha value is -0.0600. The summed E-state index contributed by atoms with van der Waals surface area (Å²) in [6.07, 6.45) is 2.92. The van der Waals surface area contributed by atoms with Crippen LogP contribution >= 0.6 is 11.9 Å². The second kappa shape index (κ2) is 10.9. The zero-order valence-electron chi connectivity index (χ0n) is 8.46. The van der Waals surface area contributed by atoms with Crippen molar-refractivity contribution < 1.29 is 9.53 Å². The van der Waals surface area contributed by atoms with Gasteiger partial charge in [-0.3, -0.25) is 4.72 Å². The van der Waals surface area contributed by atoms with Crippen LogP contribution in [-0.4, -0.2) is 32.8 Å². The first kappa shape index (κ1) is 14.5. The van der Waals surface area contributed by atoms with Crippen molar-refractivity contribution in [1.29, 1.82) is 0 Å². The standard InChI is InChI=1S/C6H13NOS.C2H6O/c1-5(4-8)6(2)7-9-3;1-3-2/h4-7H,1-3H3;1-2H3/t5?,6-;/m1./s1. The smallest absolute Gasteiger partial charge is 0.124 e. The third kappa shape index (κ3) is 9.94. The van der Waals surface area contributed by atoms with E-state index >= 15 is 0 Å². The molecule has 0 aromatic carbocycles. The van der Waals surface area contributed by atoms with Crippen molar-refractivity contribution in [3.63, 3.8) is 0 Å². The van der Waals surface area contributed by atoms with E-state index in [1.165, 1.54) is 0 Å². The maximum atomic E-state index is 10.2. The normalized spacial score (nSPS) is 14.1. The molecule has 0 saturated carbocycles. The van der Waals surface area contributed by atoms with E-state index in [2.05, 4.69) is 9.46 Å². The zero-order valence-corrected chi connectivity index (χ0v) is 9.27. The predicted octanol–water partition coefficient (Wildman–Crippen LogP) is 1.34. The van der Waals surface area contributed by atoms with Gasteiger partial charge in [0.1, 0.15) is 6.29 Å². The molecule has 0 fully saturated rings. The van der Waals surface area contributed by atoms with Crippen molar-refractivity contribution in [3.05, 3.63) is 0 Å². The molecule has 0 heterocycles. The van der Waals surface area contributed by atoms with Crippen LogP contribution in [0.1, 0.15) is 13.8 Å². The Labute approximate surface area is 79.4 Å². The maximum Gasteiger partial charge on any atom is 0.124 e. The number of carbonyl (C=O) groups is 1. The Morgan fingerprint density at radius 3 is 2.08 bits per heavy atom. The van der Waals surface area contributed by atoms with E-state index in [0.717, 1.165) is 6.29 Å². The van der Waals surface area contributed by atoms with Crippen molar-refractivity contribution in [1.82, 2.24) is 4.72 Å². The SMILES string of the molecule is COC.CSN[C@H](C)C(C)C=O. The van der Waals surface area contributed by atoms with Crippen molar-refractivity contribution in [2.75, 3.05) is 20.5 Å². The number of ether oxygens (including phenoxy) is 1. The average Bonchev–Trinajstić information content (AvgIpc) is 2.05.